The van der Waals surface area contributed by atoms with Gasteiger partial charge < -0.3 is 10.6 Å². The SMILES string of the molecule is C[C@H]1CCCC[C@@]12NC(=O)N(CC(=O)Nc1ccc(S(=O)(=O)N(C)C)cc1)C2=O. The number of carbonyl (C=O) groups excluding carboxylic acids is 3. The summed E-state index contributed by atoms with van der Waals surface area (Å²) in [5, 5.41) is 5.41. The number of nitrogens with one attached hydrogen (secondary N) is 2. The largest absolute Gasteiger partial charge is 0.325 e. The van der Waals surface area contributed by atoms with Gasteiger partial charge in [0.25, 0.3) is 5.91 Å². The Kier molecular flexibility index (Phi) is 5.68. The molecule has 0 bridgehead atoms. The van der Waals surface area contributed by atoms with E-state index in [-0.39, 0.29) is 16.7 Å². The molecule has 1 spiro atoms. The number of benzene rings is 1. The zero-order valence-corrected chi connectivity index (χ0v) is 17.6. The van der Waals surface area contributed by atoms with Crippen molar-refractivity contribution >= 4 is 33.6 Å². The first kappa shape index (κ1) is 21.3. The molecular formula is C19H26N4O5S. The summed E-state index contributed by atoms with van der Waals surface area (Å²) in [7, 11) is -0.694. The van der Waals surface area contributed by atoms with E-state index in [1.165, 1.54) is 38.4 Å². The molecule has 1 heterocycles. The molecule has 0 aromatic heterocycles. The van der Waals surface area contributed by atoms with E-state index >= 15 is 0 Å². The van der Waals surface area contributed by atoms with Crippen molar-refractivity contribution in [3.63, 3.8) is 0 Å². The molecule has 1 aliphatic heterocycles. The van der Waals surface area contributed by atoms with Gasteiger partial charge >= 0.3 is 6.03 Å². The minimum Gasteiger partial charge on any atom is -0.325 e. The van der Waals surface area contributed by atoms with Gasteiger partial charge in [0.1, 0.15) is 12.1 Å². The lowest BCUT2D eigenvalue weighted by atomic mass is 9.73. The van der Waals surface area contributed by atoms with Gasteiger partial charge in [0, 0.05) is 19.8 Å². The van der Waals surface area contributed by atoms with Gasteiger partial charge in [-0.2, -0.15) is 0 Å². The van der Waals surface area contributed by atoms with Crippen molar-refractivity contribution in [2.24, 2.45) is 5.92 Å². The van der Waals surface area contributed by atoms with E-state index in [2.05, 4.69) is 10.6 Å². The number of amides is 4. The van der Waals surface area contributed by atoms with Crippen LogP contribution in [0.25, 0.3) is 0 Å². The van der Waals surface area contributed by atoms with Crippen molar-refractivity contribution in [3.05, 3.63) is 24.3 Å². The lowest BCUT2D eigenvalue weighted by molar-refractivity contribution is -0.136. The van der Waals surface area contributed by atoms with Crippen LogP contribution in [0.5, 0.6) is 0 Å². The number of imide groups is 1. The maximum Gasteiger partial charge on any atom is 0.325 e. The van der Waals surface area contributed by atoms with E-state index in [4.69, 9.17) is 0 Å². The Morgan fingerprint density at radius 1 is 1.24 bits per heavy atom. The zero-order chi connectivity index (χ0) is 21.4. The van der Waals surface area contributed by atoms with Crippen LogP contribution in [-0.2, 0) is 19.6 Å². The van der Waals surface area contributed by atoms with Crippen molar-refractivity contribution in [2.75, 3.05) is 26.0 Å². The first-order valence-electron chi connectivity index (χ1n) is 9.54. The van der Waals surface area contributed by atoms with Gasteiger partial charge in [0.05, 0.1) is 4.90 Å². The number of sulfonamides is 1. The molecule has 10 heteroatoms. The topological polar surface area (TPSA) is 116 Å². The summed E-state index contributed by atoms with van der Waals surface area (Å²) < 4.78 is 25.3. The molecule has 2 fully saturated rings. The Hall–Kier alpha value is -2.46. The highest BCUT2D eigenvalue weighted by Gasteiger charge is 2.55. The molecule has 1 saturated heterocycles. The number of carbonyl (C=O) groups is 3. The maximum absolute atomic E-state index is 12.9. The molecule has 29 heavy (non-hydrogen) atoms. The molecule has 1 saturated carbocycles. The zero-order valence-electron chi connectivity index (χ0n) is 16.8. The fourth-order valence-corrected chi connectivity index (χ4v) is 4.81. The monoisotopic (exact) mass is 422 g/mol. The summed E-state index contributed by atoms with van der Waals surface area (Å²) in [6.45, 7) is 1.56. The standard InChI is InChI=1S/C19H26N4O5S/c1-13-6-4-5-11-19(13)17(25)23(18(26)21-19)12-16(24)20-14-7-9-15(10-8-14)29(27,28)22(2)3/h7-10,13H,4-6,11-12H2,1-3H3,(H,20,24)(H,21,26)/t13-,19+/m0/s1. The molecule has 1 aromatic rings. The van der Waals surface area contributed by atoms with E-state index in [1.54, 1.807) is 0 Å². The minimum absolute atomic E-state index is 0.0203. The molecule has 9 nitrogen and oxygen atoms in total. The van der Waals surface area contributed by atoms with Gasteiger partial charge in [-0.15, -0.1) is 0 Å². The first-order chi connectivity index (χ1) is 13.6. The summed E-state index contributed by atoms with van der Waals surface area (Å²) >= 11 is 0. The van der Waals surface area contributed by atoms with Crippen LogP contribution in [0.2, 0.25) is 0 Å². The van der Waals surface area contributed by atoms with Crippen molar-refractivity contribution in [1.29, 1.82) is 0 Å². The Labute approximate surface area is 170 Å². The molecular weight excluding hydrogens is 396 g/mol. The number of urea groups is 1. The lowest BCUT2D eigenvalue weighted by Crippen LogP contribution is -2.54. The predicted octanol–water partition coefficient (Wildman–Crippen LogP) is 1.38. The Bertz CT molecular complexity index is 928. The quantitative estimate of drug-likeness (QED) is 0.696. The molecule has 4 amide bonds. The van der Waals surface area contributed by atoms with E-state index in [0.29, 0.717) is 12.1 Å². The third-order valence-corrected chi connectivity index (χ3v) is 7.55. The predicted molar refractivity (Wildman–Crippen MR) is 107 cm³/mol. The molecule has 3 rings (SSSR count). The third-order valence-electron chi connectivity index (χ3n) is 5.72. The van der Waals surface area contributed by atoms with Crippen molar-refractivity contribution in [3.8, 4) is 0 Å². The van der Waals surface area contributed by atoms with Crippen molar-refractivity contribution in [1.82, 2.24) is 14.5 Å². The molecule has 1 aliphatic carbocycles. The summed E-state index contributed by atoms with van der Waals surface area (Å²) in [5.41, 5.74) is -0.529. The highest BCUT2D eigenvalue weighted by molar-refractivity contribution is 7.89. The van der Waals surface area contributed by atoms with Crippen LogP contribution in [0.15, 0.2) is 29.2 Å². The molecule has 158 valence electrons. The van der Waals surface area contributed by atoms with Crippen LogP contribution in [-0.4, -0.2) is 61.6 Å². The number of hydrogen-bond donors (Lipinski definition) is 2. The normalized spacial score (nSPS) is 24.8. The highest BCUT2D eigenvalue weighted by atomic mass is 32.2. The number of rotatable bonds is 5. The molecule has 2 atom stereocenters. The van der Waals surface area contributed by atoms with Gasteiger partial charge in [0.2, 0.25) is 15.9 Å². The fraction of sp³-hybridized carbons (Fsp3) is 0.526. The Balaban J connectivity index is 1.67. The van der Waals surface area contributed by atoms with E-state index in [9.17, 15) is 22.8 Å². The molecule has 0 radical (unpaired) electrons. The van der Waals surface area contributed by atoms with Gasteiger partial charge in [-0.1, -0.05) is 19.8 Å². The molecule has 0 unspecified atom stereocenters. The van der Waals surface area contributed by atoms with E-state index < -0.39 is 34.0 Å². The second kappa shape index (κ2) is 7.75. The number of nitrogens with zero attached hydrogens (tertiary/aromatic N) is 2. The summed E-state index contributed by atoms with van der Waals surface area (Å²) in [6.07, 6.45) is 3.32. The molecule has 1 aromatic carbocycles. The average Bonchev–Trinajstić information content (AvgIpc) is 2.89. The highest BCUT2D eigenvalue weighted by Crippen LogP contribution is 2.38. The molecule has 2 N–H and O–H groups in total. The van der Waals surface area contributed by atoms with Crippen LogP contribution < -0.4 is 10.6 Å². The second-order valence-corrected chi connectivity index (χ2v) is 9.95. The van der Waals surface area contributed by atoms with Gasteiger partial charge in [-0.3, -0.25) is 14.5 Å². The summed E-state index contributed by atoms with van der Waals surface area (Å²) in [5.74, 6) is -0.860. The first-order valence-corrected chi connectivity index (χ1v) is 11.0. The van der Waals surface area contributed by atoms with Crippen LogP contribution in [0.1, 0.15) is 32.6 Å². The summed E-state index contributed by atoms with van der Waals surface area (Å²) in [4.78, 5) is 38.7. The minimum atomic E-state index is -3.56. The molecule has 2 aliphatic rings. The average molecular weight is 423 g/mol. The Morgan fingerprint density at radius 2 is 1.90 bits per heavy atom. The smallest absolute Gasteiger partial charge is 0.325 e. The number of anilines is 1. The second-order valence-electron chi connectivity index (χ2n) is 7.80. The van der Waals surface area contributed by atoms with Gasteiger partial charge in [-0.25, -0.2) is 17.5 Å². The van der Waals surface area contributed by atoms with Crippen LogP contribution in [0.3, 0.4) is 0 Å². The van der Waals surface area contributed by atoms with Gasteiger partial charge in [0.15, 0.2) is 0 Å². The van der Waals surface area contributed by atoms with Gasteiger partial charge in [-0.05, 0) is 43.0 Å². The van der Waals surface area contributed by atoms with E-state index in [0.717, 1.165) is 28.5 Å². The van der Waals surface area contributed by atoms with Crippen molar-refractivity contribution in [2.45, 2.75) is 43.0 Å². The van der Waals surface area contributed by atoms with E-state index in [1.807, 2.05) is 6.92 Å². The lowest BCUT2D eigenvalue weighted by Gasteiger charge is -2.36. The van der Waals surface area contributed by atoms with Crippen molar-refractivity contribution < 1.29 is 22.8 Å². The fourth-order valence-electron chi connectivity index (χ4n) is 3.90. The maximum atomic E-state index is 12.9. The Morgan fingerprint density at radius 3 is 2.48 bits per heavy atom. The van der Waals surface area contributed by atoms with Crippen LogP contribution in [0.4, 0.5) is 10.5 Å². The van der Waals surface area contributed by atoms with Crippen LogP contribution in [0, 0.1) is 5.92 Å². The summed E-state index contributed by atoms with van der Waals surface area (Å²) in [6, 6.07) is 5.15. The third kappa shape index (κ3) is 3.86. The van der Waals surface area contributed by atoms with Crippen LogP contribution >= 0.6 is 0 Å². The number of hydrogen-bond acceptors (Lipinski definition) is 5.